The molecule has 0 bridgehead atoms. The molecule has 3 heteroatoms. The molecule has 1 aliphatic rings. The van der Waals surface area contributed by atoms with Crippen molar-refractivity contribution in [1.82, 2.24) is 0 Å². The molecule has 0 aromatic heterocycles. The number of hydrogen-bond donors (Lipinski definition) is 1. The van der Waals surface area contributed by atoms with E-state index in [1.165, 1.54) is 11.1 Å². The molecular formula is C13H19NOS. The standard InChI is InChI=1S/C13H19NOS/c1-10(6-7-14)16(15)9-12-8-11-4-2-3-5-13(11)12/h2-5,10,12H,6-9,14H2,1H3. The molecule has 0 amide bonds. The van der Waals surface area contributed by atoms with Gasteiger partial charge in [0, 0.05) is 21.8 Å². The van der Waals surface area contributed by atoms with Gasteiger partial charge in [0.25, 0.3) is 0 Å². The van der Waals surface area contributed by atoms with Gasteiger partial charge in [0.2, 0.25) is 0 Å². The van der Waals surface area contributed by atoms with E-state index in [4.69, 9.17) is 5.73 Å². The van der Waals surface area contributed by atoms with Crippen LogP contribution in [0.5, 0.6) is 0 Å². The molecule has 0 spiro atoms. The fourth-order valence-electron chi connectivity index (χ4n) is 2.24. The van der Waals surface area contributed by atoms with E-state index < -0.39 is 10.8 Å². The molecule has 0 saturated heterocycles. The number of benzene rings is 1. The summed E-state index contributed by atoms with van der Waals surface area (Å²) in [5.41, 5.74) is 8.31. The summed E-state index contributed by atoms with van der Waals surface area (Å²) in [5.74, 6) is 1.32. The lowest BCUT2D eigenvalue weighted by Gasteiger charge is -2.30. The molecule has 0 saturated carbocycles. The Balaban J connectivity index is 1.92. The predicted octanol–water partition coefficient (Wildman–Crippen LogP) is 1.81. The van der Waals surface area contributed by atoms with Crippen LogP contribution in [-0.2, 0) is 17.2 Å². The molecule has 88 valence electrons. The van der Waals surface area contributed by atoms with Crippen LogP contribution in [0.15, 0.2) is 24.3 Å². The molecule has 2 N–H and O–H groups in total. The monoisotopic (exact) mass is 237 g/mol. The second-order valence-corrected chi connectivity index (χ2v) is 6.43. The van der Waals surface area contributed by atoms with Crippen LogP contribution in [0.3, 0.4) is 0 Å². The Morgan fingerprint density at radius 3 is 2.94 bits per heavy atom. The van der Waals surface area contributed by atoms with E-state index >= 15 is 0 Å². The van der Waals surface area contributed by atoms with E-state index in [2.05, 4.69) is 24.3 Å². The van der Waals surface area contributed by atoms with E-state index in [1.807, 2.05) is 6.92 Å². The minimum atomic E-state index is -0.731. The molecule has 3 unspecified atom stereocenters. The Labute approximate surface area is 99.7 Å². The Morgan fingerprint density at radius 2 is 2.25 bits per heavy atom. The van der Waals surface area contributed by atoms with E-state index in [0.29, 0.717) is 12.5 Å². The summed E-state index contributed by atoms with van der Waals surface area (Å²) in [4.78, 5) is 0. The largest absolute Gasteiger partial charge is 0.330 e. The molecule has 0 fully saturated rings. The van der Waals surface area contributed by atoms with Gasteiger partial charge in [-0.3, -0.25) is 4.21 Å². The van der Waals surface area contributed by atoms with Crippen molar-refractivity contribution in [3.8, 4) is 0 Å². The van der Waals surface area contributed by atoms with Crippen LogP contribution in [0.25, 0.3) is 0 Å². The van der Waals surface area contributed by atoms with E-state index in [9.17, 15) is 4.21 Å². The van der Waals surface area contributed by atoms with Crippen LogP contribution in [0, 0.1) is 0 Å². The third kappa shape index (κ3) is 2.36. The maximum Gasteiger partial charge on any atom is 0.0332 e. The van der Waals surface area contributed by atoms with E-state index in [-0.39, 0.29) is 5.25 Å². The average molecular weight is 237 g/mol. The summed E-state index contributed by atoms with van der Waals surface area (Å²) in [6.45, 7) is 2.67. The molecule has 1 aromatic rings. The van der Waals surface area contributed by atoms with E-state index in [1.54, 1.807) is 0 Å². The minimum Gasteiger partial charge on any atom is -0.330 e. The number of hydrogen-bond acceptors (Lipinski definition) is 2. The summed E-state index contributed by atoms with van der Waals surface area (Å²) in [6.07, 6.45) is 1.96. The Bertz CT molecular complexity index is 391. The van der Waals surface area contributed by atoms with Gasteiger partial charge < -0.3 is 5.73 Å². The Hall–Kier alpha value is -0.670. The van der Waals surface area contributed by atoms with Crippen LogP contribution in [0.4, 0.5) is 0 Å². The Kier molecular flexibility index (Phi) is 3.77. The summed E-state index contributed by atoms with van der Waals surface area (Å²) < 4.78 is 12.0. The molecule has 2 rings (SSSR count). The molecule has 3 atom stereocenters. The Morgan fingerprint density at radius 1 is 1.50 bits per heavy atom. The van der Waals surface area contributed by atoms with Gasteiger partial charge in [-0.1, -0.05) is 31.2 Å². The van der Waals surface area contributed by atoms with Gasteiger partial charge in [-0.15, -0.1) is 0 Å². The molecule has 1 aliphatic carbocycles. The molecular weight excluding hydrogens is 218 g/mol. The molecule has 16 heavy (non-hydrogen) atoms. The summed E-state index contributed by atoms with van der Waals surface area (Å²) in [7, 11) is -0.731. The van der Waals surface area contributed by atoms with Gasteiger partial charge in [-0.25, -0.2) is 0 Å². The summed E-state index contributed by atoms with van der Waals surface area (Å²) in [5, 5.41) is 0.234. The van der Waals surface area contributed by atoms with Crippen molar-refractivity contribution in [2.45, 2.75) is 30.9 Å². The van der Waals surface area contributed by atoms with E-state index in [0.717, 1.165) is 18.6 Å². The molecule has 0 aliphatic heterocycles. The lowest BCUT2D eigenvalue weighted by atomic mass is 9.79. The molecule has 1 aromatic carbocycles. The van der Waals surface area contributed by atoms with Crippen molar-refractivity contribution in [2.75, 3.05) is 12.3 Å². The summed E-state index contributed by atoms with van der Waals surface area (Å²) in [6, 6.07) is 8.46. The third-order valence-electron chi connectivity index (χ3n) is 3.35. The quantitative estimate of drug-likeness (QED) is 0.848. The lowest BCUT2D eigenvalue weighted by Crippen LogP contribution is -2.27. The molecule has 0 radical (unpaired) electrons. The highest BCUT2D eigenvalue weighted by Crippen LogP contribution is 2.35. The fourth-order valence-corrected chi connectivity index (χ4v) is 3.66. The molecule has 0 heterocycles. The van der Waals surface area contributed by atoms with Gasteiger partial charge in [0.1, 0.15) is 0 Å². The second kappa shape index (κ2) is 5.11. The van der Waals surface area contributed by atoms with Crippen molar-refractivity contribution < 1.29 is 4.21 Å². The maximum absolute atomic E-state index is 12.0. The predicted molar refractivity (Wildman–Crippen MR) is 69.0 cm³/mol. The SMILES string of the molecule is CC(CCN)S(=O)CC1Cc2ccccc21. The minimum absolute atomic E-state index is 0.234. The van der Waals surface area contributed by atoms with Gasteiger partial charge in [-0.2, -0.15) is 0 Å². The first-order chi connectivity index (χ1) is 7.72. The normalized spacial score (nSPS) is 22.0. The number of fused-ring (bicyclic) bond motifs is 1. The number of rotatable bonds is 5. The fraction of sp³-hybridized carbons (Fsp3) is 0.538. The first-order valence-electron chi connectivity index (χ1n) is 5.87. The van der Waals surface area contributed by atoms with Crippen LogP contribution < -0.4 is 5.73 Å². The zero-order valence-electron chi connectivity index (χ0n) is 9.69. The first-order valence-corrected chi connectivity index (χ1v) is 7.25. The average Bonchev–Trinajstić information content (AvgIpc) is 2.26. The van der Waals surface area contributed by atoms with Crippen molar-refractivity contribution >= 4 is 10.8 Å². The summed E-state index contributed by atoms with van der Waals surface area (Å²) >= 11 is 0. The van der Waals surface area contributed by atoms with Crippen LogP contribution in [-0.4, -0.2) is 21.8 Å². The zero-order chi connectivity index (χ0) is 11.5. The van der Waals surface area contributed by atoms with Crippen LogP contribution in [0.1, 0.15) is 30.4 Å². The van der Waals surface area contributed by atoms with Gasteiger partial charge in [0.15, 0.2) is 0 Å². The lowest BCUT2D eigenvalue weighted by molar-refractivity contribution is 0.633. The first kappa shape index (κ1) is 11.8. The topological polar surface area (TPSA) is 43.1 Å². The van der Waals surface area contributed by atoms with Gasteiger partial charge in [-0.05, 0) is 36.4 Å². The zero-order valence-corrected chi connectivity index (χ0v) is 10.5. The van der Waals surface area contributed by atoms with Crippen LogP contribution in [0.2, 0.25) is 0 Å². The van der Waals surface area contributed by atoms with Gasteiger partial charge >= 0.3 is 0 Å². The highest BCUT2D eigenvalue weighted by Gasteiger charge is 2.28. The van der Waals surface area contributed by atoms with Gasteiger partial charge in [0.05, 0.1) is 0 Å². The third-order valence-corrected chi connectivity index (χ3v) is 5.21. The highest BCUT2D eigenvalue weighted by atomic mass is 32.2. The number of nitrogens with two attached hydrogens (primary N) is 1. The van der Waals surface area contributed by atoms with Crippen LogP contribution >= 0.6 is 0 Å². The molecule has 2 nitrogen and oxygen atoms in total. The van der Waals surface area contributed by atoms with Crippen molar-refractivity contribution in [2.24, 2.45) is 5.73 Å². The van der Waals surface area contributed by atoms with Crippen molar-refractivity contribution in [3.63, 3.8) is 0 Å². The smallest absolute Gasteiger partial charge is 0.0332 e. The second-order valence-electron chi connectivity index (χ2n) is 4.54. The van der Waals surface area contributed by atoms with Crippen molar-refractivity contribution in [1.29, 1.82) is 0 Å². The van der Waals surface area contributed by atoms with Crippen molar-refractivity contribution in [3.05, 3.63) is 35.4 Å². The highest BCUT2D eigenvalue weighted by molar-refractivity contribution is 7.85. The maximum atomic E-state index is 12.0.